The Hall–Kier alpha value is -1.77. The lowest BCUT2D eigenvalue weighted by Gasteiger charge is -2.26. The van der Waals surface area contributed by atoms with Crippen LogP contribution in [-0.2, 0) is 57.2 Å². The highest BCUT2D eigenvalue weighted by atomic mass is 79.9. The Morgan fingerprint density at radius 3 is 0.882 bits per heavy atom. The summed E-state index contributed by atoms with van der Waals surface area (Å²) in [5.41, 5.74) is 0. The van der Waals surface area contributed by atoms with Gasteiger partial charge in [-0.25, -0.2) is 0 Å². The predicted octanol–water partition coefficient (Wildman–Crippen LogP) is -9.87. The summed E-state index contributed by atoms with van der Waals surface area (Å²) >= 11 is 10.1. The molecule has 0 spiro atoms. The zero-order chi connectivity index (χ0) is 36.4. The average molecular weight is 986 g/mol. The van der Waals surface area contributed by atoms with E-state index in [1.54, 1.807) is 0 Å². The predicted molar refractivity (Wildman–Crippen MR) is 179 cm³/mol. The Kier molecular flexibility index (Phi) is 30.1. The standard InChI is InChI=1S/3C10H14BrNO4.3ClH/c3*1-6(13)15-5-9-10(16-7(2)14)3-8(11)4-12-9;;;/h3*3,9-10,12H,4-5H2,1-2H3;3*1H/t3*9-,10+;;;/m111.../s1. The van der Waals surface area contributed by atoms with Crippen LogP contribution in [0, 0.1) is 0 Å². The summed E-state index contributed by atoms with van der Waals surface area (Å²) in [4.78, 5) is 64.9. The van der Waals surface area contributed by atoms with Gasteiger partial charge in [0, 0.05) is 55.0 Å². The van der Waals surface area contributed by atoms with Crippen molar-refractivity contribution < 1.29 is 110 Å². The second kappa shape index (κ2) is 28.7. The minimum Gasteiger partial charge on any atom is -1.00 e. The molecule has 3 rings (SSSR count). The molecule has 3 aliphatic heterocycles. The van der Waals surface area contributed by atoms with E-state index < -0.39 is 0 Å². The molecule has 0 bridgehead atoms. The highest BCUT2D eigenvalue weighted by Gasteiger charge is 2.32. The summed E-state index contributed by atoms with van der Waals surface area (Å²) in [6.07, 6.45) is 4.40. The van der Waals surface area contributed by atoms with Crippen molar-refractivity contribution in [1.29, 1.82) is 0 Å². The third-order valence-electron chi connectivity index (χ3n) is 6.49. The zero-order valence-corrected chi connectivity index (χ0v) is 35.9. The van der Waals surface area contributed by atoms with Gasteiger partial charge in [0.1, 0.15) is 39.5 Å². The molecule has 0 aliphatic carbocycles. The van der Waals surface area contributed by atoms with Gasteiger partial charge < -0.3 is 81.6 Å². The topological polar surface area (TPSA) is 208 Å². The molecule has 0 amide bonds. The smallest absolute Gasteiger partial charge is 0.303 e. The lowest BCUT2D eigenvalue weighted by atomic mass is 10.1. The van der Waals surface area contributed by atoms with Gasteiger partial charge in [-0.2, -0.15) is 0 Å². The summed E-state index contributed by atoms with van der Waals surface area (Å²) in [5.74, 6) is -2.02. The summed E-state index contributed by atoms with van der Waals surface area (Å²) in [6, 6.07) is -0.225. The zero-order valence-electron chi connectivity index (χ0n) is 28.8. The van der Waals surface area contributed by atoms with Crippen LogP contribution in [0.4, 0.5) is 0 Å². The lowest BCUT2D eigenvalue weighted by molar-refractivity contribution is -0.691. The third-order valence-corrected chi connectivity index (χ3v) is 8.26. The van der Waals surface area contributed by atoms with Gasteiger partial charge in [0.05, 0.1) is 0 Å². The van der Waals surface area contributed by atoms with Gasteiger partial charge in [-0.1, -0.05) is 0 Å². The maximum absolute atomic E-state index is 10.9. The summed E-state index contributed by atoms with van der Waals surface area (Å²) in [5, 5.41) is 5.92. The van der Waals surface area contributed by atoms with E-state index in [9.17, 15) is 28.8 Å². The van der Waals surface area contributed by atoms with E-state index in [1.165, 1.54) is 41.5 Å². The Morgan fingerprint density at radius 2 is 0.706 bits per heavy atom. The van der Waals surface area contributed by atoms with E-state index in [2.05, 4.69) is 47.8 Å². The van der Waals surface area contributed by atoms with Crippen LogP contribution in [0.5, 0.6) is 0 Å². The van der Waals surface area contributed by atoms with E-state index in [0.29, 0.717) is 0 Å². The van der Waals surface area contributed by atoms with Crippen molar-refractivity contribution in [2.75, 3.05) is 39.5 Å². The van der Waals surface area contributed by atoms with Crippen molar-refractivity contribution in [3.8, 4) is 0 Å². The SMILES string of the molecule is CC(=O)OC[C@H]1[NH2+]CC(Br)=C[C@@H]1OC(C)=O.CC(=O)OC[C@H]1[NH2+]CC(Br)=C[C@@H]1OC(C)=O.CC(=O)OC[C@H]1[NH2+]CC(Br)=C[C@@H]1OC(C)=O.[Cl-].[Cl-].[Cl-]. The van der Waals surface area contributed by atoms with Gasteiger partial charge in [-0.15, -0.1) is 0 Å². The molecular formula is C30H45Br3Cl3N3O12. The molecule has 6 N–H and O–H groups in total. The molecule has 6 atom stereocenters. The molecule has 3 aliphatic rings. The van der Waals surface area contributed by atoms with E-state index in [0.717, 1.165) is 33.1 Å². The van der Waals surface area contributed by atoms with Gasteiger partial charge in [0.15, 0.2) is 36.4 Å². The largest absolute Gasteiger partial charge is 1.00 e. The molecule has 0 radical (unpaired) electrons. The maximum Gasteiger partial charge on any atom is 0.303 e. The first-order valence-corrected chi connectivity index (χ1v) is 17.3. The molecule has 3 heterocycles. The van der Waals surface area contributed by atoms with E-state index in [1.807, 2.05) is 34.2 Å². The Morgan fingerprint density at radius 1 is 0.490 bits per heavy atom. The molecule has 0 aromatic heterocycles. The lowest BCUT2D eigenvalue weighted by Crippen LogP contribution is -3.00. The molecule has 0 aromatic rings. The highest BCUT2D eigenvalue weighted by Crippen LogP contribution is 2.14. The second-order valence-electron chi connectivity index (χ2n) is 10.8. The van der Waals surface area contributed by atoms with Crippen LogP contribution in [0.2, 0.25) is 0 Å². The second-order valence-corrected chi connectivity index (χ2v) is 13.8. The first-order chi connectivity index (χ1) is 22.5. The fourth-order valence-electron chi connectivity index (χ4n) is 4.37. The van der Waals surface area contributed by atoms with Crippen molar-refractivity contribution in [3.63, 3.8) is 0 Å². The summed E-state index contributed by atoms with van der Waals surface area (Å²) in [7, 11) is 0. The third kappa shape index (κ3) is 25.0. The number of hydrogen-bond acceptors (Lipinski definition) is 12. The fraction of sp³-hybridized carbons (Fsp3) is 0.600. The van der Waals surface area contributed by atoms with Gasteiger partial charge in [-0.05, 0) is 66.0 Å². The molecule has 21 heteroatoms. The van der Waals surface area contributed by atoms with Crippen molar-refractivity contribution in [2.24, 2.45) is 0 Å². The van der Waals surface area contributed by atoms with Gasteiger partial charge in [0.2, 0.25) is 0 Å². The minimum atomic E-state index is -0.361. The molecule has 0 aromatic carbocycles. The van der Waals surface area contributed by atoms with E-state index in [4.69, 9.17) is 28.4 Å². The number of ether oxygens (including phenoxy) is 6. The molecule has 294 valence electrons. The van der Waals surface area contributed by atoms with Crippen molar-refractivity contribution >= 4 is 83.6 Å². The van der Waals surface area contributed by atoms with Crippen molar-refractivity contribution in [2.45, 2.75) is 78.0 Å². The molecule has 51 heavy (non-hydrogen) atoms. The number of rotatable bonds is 9. The quantitative estimate of drug-likeness (QED) is 0.146. The van der Waals surface area contributed by atoms with Crippen LogP contribution in [0.3, 0.4) is 0 Å². The number of halogens is 6. The highest BCUT2D eigenvalue weighted by molar-refractivity contribution is 9.12. The van der Waals surface area contributed by atoms with Crippen LogP contribution in [-0.4, -0.2) is 112 Å². The minimum absolute atomic E-state index is 0. The number of quaternary nitrogens is 3. The normalized spacial score (nSPS) is 23.1. The maximum atomic E-state index is 10.9. The van der Waals surface area contributed by atoms with Crippen LogP contribution in [0.1, 0.15) is 41.5 Å². The first-order valence-electron chi connectivity index (χ1n) is 15.0. The number of carbonyl (C=O) groups excluding carboxylic acids is 6. The summed E-state index contributed by atoms with van der Waals surface area (Å²) < 4.78 is 33.1. The average Bonchev–Trinajstić information content (AvgIpc) is 2.95. The van der Waals surface area contributed by atoms with E-state index >= 15 is 0 Å². The van der Waals surface area contributed by atoms with Crippen molar-refractivity contribution in [3.05, 3.63) is 31.7 Å². The number of hydrogen-bond donors (Lipinski definition) is 3. The van der Waals surface area contributed by atoms with Crippen LogP contribution in [0.25, 0.3) is 0 Å². The van der Waals surface area contributed by atoms with Crippen LogP contribution < -0.4 is 53.2 Å². The number of nitrogens with two attached hydrogens (primary N) is 3. The van der Waals surface area contributed by atoms with Crippen molar-refractivity contribution in [1.82, 2.24) is 0 Å². The van der Waals surface area contributed by atoms with Gasteiger partial charge in [0.25, 0.3) is 0 Å². The van der Waals surface area contributed by atoms with Crippen LogP contribution >= 0.6 is 47.8 Å². The number of esters is 6. The molecule has 0 saturated carbocycles. The molecule has 0 unspecified atom stereocenters. The molecule has 0 saturated heterocycles. The first kappa shape index (κ1) is 53.6. The van der Waals surface area contributed by atoms with E-state index in [-0.39, 0.29) is 129 Å². The molecule has 0 fully saturated rings. The molecular weight excluding hydrogens is 940 g/mol. The Bertz CT molecular complexity index is 1110. The Balaban J connectivity index is -0.000000658. The number of carbonyl (C=O) groups is 6. The fourth-order valence-corrected chi connectivity index (χ4v) is 5.71. The van der Waals surface area contributed by atoms with Gasteiger partial charge >= 0.3 is 35.8 Å². The monoisotopic (exact) mass is 981 g/mol. The Labute approximate surface area is 341 Å². The summed E-state index contributed by atoms with van der Waals surface area (Å²) in [6.45, 7) is 11.1. The molecule has 15 nitrogen and oxygen atoms in total. The van der Waals surface area contributed by atoms with Gasteiger partial charge in [-0.3, -0.25) is 28.8 Å². The van der Waals surface area contributed by atoms with Crippen LogP contribution in [0.15, 0.2) is 31.7 Å².